The van der Waals surface area contributed by atoms with Gasteiger partial charge in [0.15, 0.2) is 5.75 Å². The molecule has 0 aliphatic rings. The summed E-state index contributed by atoms with van der Waals surface area (Å²) in [5.41, 5.74) is 0.652. The highest BCUT2D eigenvalue weighted by Crippen LogP contribution is 2.29. The molecule has 4 nitrogen and oxygen atoms in total. The minimum absolute atomic E-state index is 0.0417. The smallest absolute Gasteiger partial charge is 0.313 e. The molecular formula is C8H9NO3. The zero-order valence-corrected chi connectivity index (χ0v) is 6.90. The highest BCUT2D eigenvalue weighted by Gasteiger charge is 2.16. The Morgan fingerprint density at radius 2 is 2.17 bits per heavy atom. The van der Waals surface area contributed by atoms with Crippen LogP contribution in [-0.2, 0) is 0 Å². The zero-order chi connectivity index (χ0) is 9.14. The molecule has 64 valence electrons. The molecule has 1 rings (SSSR count). The molecule has 0 atom stereocenters. The molecule has 4 heteroatoms. The van der Waals surface area contributed by atoms with Gasteiger partial charge in [0.1, 0.15) is 0 Å². The fourth-order valence-electron chi connectivity index (χ4n) is 1.03. The van der Waals surface area contributed by atoms with Gasteiger partial charge in [0, 0.05) is 5.56 Å². The van der Waals surface area contributed by atoms with Crippen LogP contribution >= 0.6 is 0 Å². The predicted molar refractivity (Wildman–Crippen MR) is 44.4 cm³/mol. The van der Waals surface area contributed by atoms with E-state index in [-0.39, 0.29) is 5.69 Å². The van der Waals surface area contributed by atoms with Crippen molar-refractivity contribution >= 4 is 5.69 Å². The van der Waals surface area contributed by atoms with Crippen molar-refractivity contribution in [1.82, 2.24) is 0 Å². The number of nitrogens with zero attached hydrogens (tertiary/aromatic N) is 1. The van der Waals surface area contributed by atoms with Crippen molar-refractivity contribution in [3.63, 3.8) is 0 Å². The Morgan fingerprint density at radius 1 is 1.50 bits per heavy atom. The summed E-state index contributed by atoms with van der Waals surface area (Å²) in [6.45, 7) is 1.68. The molecule has 0 aliphatic heterocycles. The number of hydrogen-bond acceptors (Lipinski definition) is 3. The van der Waals surface area contributed by atoms with Crippen LogP contribution in [0.3, 0.4) is 0 Å². The third-order valence-electron chi connectivity index (χ3n) is 1.60. The monoisotopic (exact) mass is 168 g/mol. The fourth-order valence-corrected chi connectivity index (χ4v) is 1.03. The van der Waals surface area contributed by atoms with Gasteiger partial charge in [-0.2, -0.15) is 0 Å². The minimum atomic E-state index is -0.436. The van der Waals surface area contributed by atoms with E-state index in [1.807, 2.05) is 0 Å². The number of aryl methyl sites for hydroxylation is 1. The van der Waals surface area contributed by atoms with Gasteiger partial charge in [0.05, 0.1) is 12.0 Å². The summed E-state index contributed by atoms with van der Waals surface area (Å²) in [4.78, 5) is 10.1. The van der Waals surface area contributed by atoms with Crippen LogP contribution < -0.4 is 4.74 Å². The van der Waals surface area contributed by atoms with E-state index in [9.17, 15) is 10.1 Å². The Labute approximate surface area is 69.9 Å². The summed E-state index contributed by atoms with van der Waals surface area (Å²) in [5, 5.41) is 10.5. The second-order valence-corrected chi connectivity index (χ2v) is 2.38. The Kier molecular flexibility index (Phi) is 2.28. The summed E-state index contributed by atoms with van der Waals surface area (Å²) < 4.78 is 4.85. The standard InChI is InChI=1S/C8H9NO3/c1-6-4-3-5-7(12-2)8(6)9(10)11/h3-5H,1-2H3/i1+1. The number of methoxy groups -OCH3 is 1. The summed E-state index contributed by atoms with van der Waals surface area (Å²) in [6, 6.07) is 4.98. The number of nitro benzene ring substituents is 1. The first kappa shape index (κ1) is 8.52. The van der Waals surface area contributed by atoms with Crippen molar-refractivity contribution in [2.24, 2.45) is 0 Å². The molecule has 0 radical (unpaired) electrons. The molecule has 0 amide bonds. The van der Waals surface area contributed by atoms with E-state index in [4.69, 9.17) is 4.74 Å². The largest absolute Gasteiger partial charge is 0.490 e. The molecule has 0 aromatic heterocycles. The maximum absolute atomic E-state index is 10.5. The van der Waals surface area contributed by atoms with Crippen LogP contribution in [0, 0.1) is 17.0 Å². The first-order chi connectivity index (χ1) is 5.66. The van der Waals surface area contributed by atoms with Gasteiger partial charge in [-0.1, -0.05) is 12.1 Å². The lowest BCUT2D eigenvalue weighted by molar-refractivity contribution is -0.386. The predicted octanol–water partition coefficient (Wildman–Crippen LogP) is 1.91. The molecule has 0 fully saturated rings. The molecule has 0 saturated heterocycles. The molecule has 1 aromatic carbocycles. The molecule has 0 spiro atoms. The van der Waals surface area contributed by atoms with E-state index in [0.717, 1.165) is 0 Å². The normalized spacial score (nSPS) is 9.50. The van der Waals surface area contributed by atoms with Crippen LogP contribution in [0.4, 0.5) is 5.69 Å². The first-order valence-corrected chi connectivity index (χ1v) is 3.45. The maximum atomic E-state index is 10.5. The summed E-state index contributed by atoms with van der Waals surface area (Å²) in [6.07, 6.45) is 0. The Hall–Kier alpha value is -1.58. The molecule has 1 aromatic rings. The molecule has 0 unspecified atom stereocenters. The molecule has 12 heavy (non-hydrogen) atoms. The second-order valence-electron chi connectivity index (χ2n) is 2.38. The number of benzene rings is 1. The lowest BCUT2D eigenvalue weighted by Gasteiger charge is -2.02. The molecule has 0 heterocycles. The molecule has 0 aliphatic carbocycles. The van der Waals surface area contributed by atoms with Gasteiger partial charge in [-0.3, -0.25) is 10.1 Å². The summed E-state index contributed by atoms with van der Waals surface area (Å²) >= 11 is 0. The number of nitro groups is 1. The fraction of sp³-hybridized carbons (Fsp3) is 0.250. The van der Waals surface area contributed by atoms with Crippen molar-refractivity contribution in [2.75, 3.05) is 7.11 Å². The third kappa shape index (κ3) is 1.37. The topological polar surface area (TPSA) is 52.4 Å². The van der Waals surface area contributed by atoms with Crippen LogP contribution in [0.2, 0.25) is 0 Å². The van der Waals surface area contributed by atoms with Gasteiger partial charge >= 0.3 is 5.69 Å². The lowest BCUT2D eigenvalue weighted by atomic mass is 10.2. The van der Waals surface area contributed by atoms with E-state index < -0.39 is 4.92 Å². The highest BCUT2D eigenvalue weighted by molar-refractivity contribution is 5.51. The summed E-state index contributed by atoms with van der Waals surface area (Å²) in [5.74, 6) is 0.306. The quantitative estimate of drug-likeness (QED) is 0.385. The molecule has 0 saturated carbocycles. The van der Waals surface area contributed by atoms with Gasteiger partial charge in [-0.25, -0.2) is 0 Å². The van der Waals surface area contributed by atoms with Crippen molar-refractivity contribution in [1.29, 1.82) is 0 Å². The van der Waals surface area contributed by atoms with Gasteiger partial charge in [0.2, 0.25) is 0 Å². The Morgan fingerprint density at radius 3 is 2.58 bits per heavy atom. The second kappa shape index (κ2) is 3.21. The van der Waals surface area contributed by atoms with Gasteiger partial charge in [0.25, 0.3) is 0 Å². The van der Waals surface area contributed by atoms with Gasteiger partial charge in [-0.15, -0.1) is 0 Å². The van der Waals surface area contributed by atoms with E-state index in [1.165, 1.54) is 7.11 Å². The number of ether oxygens (including phenoxy) is 1. The van der Waals surface area contributed by atoms with Crippen LogP contribution in [0.5, 0.6) is 5.75 Å². The summed E-state index contributed by atoms with van der Waals surface area (Å²) in [7, 11) is 1.42. The molecular weight excluding hydrogens is 159 g/mol. The van der Waals surface area contributed by atoms with Crippen LogP contribution in [0.15, 0.2) is 18.2 Å². The van der Waals surface area contributed by atoms with Crippen LogP contribution in [0.1, 0.15) is 5.56 Å². The van der Waals surface area contributed by atoms with Crippen LogP contribution in [0.25, 0.3) is 0 Å². The SMILES string of the molecule is COc1cccc([13CH3])c1[N+](=O)[O-]. The average molecular weight is 168 g/mol. The number of hydrogen-bond donors (Lipinski definition) is 0. The van der Waals surface area contributed by atoms with E-state index in [0.29, 0.717) is 11.3 Å². The van der Waals surface area contributed by atoms with E-state index in [2.05, 4.69) is 0 Å². The number of rotatable bonds is 2. The Bertz CT molecular complexity index is 309. The van der Waals surface area contributed by atoms with Crippen molar-refractivity contribution < 1.29 is 9.66 Å². The lowest BCUT2D eigenvalue weighted by Crippen LogP contribution is -1.95. The van der Waals surface area contributed by atoms with E-state index >= 15 is 0 Å². The maximum Gasteiger partial charge on any atom is 0.313 e. The first-order valence-electron chi connectivity index (χ1n) is 3.45. The highest BCUT2D eigenvalue weighted by atomic mass is 16.6. The third-order valence-corrected chi connectivity index (χ3v) is 1.60. The van der Waals surface area contributed by atoms with Crippen LogP contribution in [-0.4, -0.2) is 12.0 Å². The van der Waals surface area contributed by atoms with Gasteiger partial charge in [-0.05, 0) is 13.0 Å². The van der Waals surface area contributed by atoms with Crippen molar-refractivity contribution in [3.05, 3.63) is 33.9 Å². The number of para-hydroxylation sites is 1. The van der Waals surface area contributed by atoms with Crippen molar-refractivity contribution in [2.45, 2.75) is 6.92 Å². The van der Waals surface area contributed by atoms with Gasteiger partial charge < -0.3 is 4.74 Å². The zero-order valence-electron chi connectivity index (χ0n) is 6.90. The van der Waals surface area contributed by atoms with Crippen molar-refractivity contribution in [3.8, 4) is 5.75 Å². The Balaban J connectivity index is 3.29. The van der Waals surface area contributed by atoms with E-state index in [1.54, 1.807) is 25.1 Å². The molecule has 0 N–H and O–H groups in total. The average Bonchev–Trinajstić information content (AvgIpc) is 2.03. The molecule has 0 bridgehead atoms. The minimum Gasteiger partial charge on any atom is -0.490 e.